The first-order valence-corrected chi connectivity index (χ1v) is 14.8. The van der Waals surface area contributed by atoms with Crippen LogP contribution in [0.15, 0.2) is 30.6 Å². The van der Waals surface area contributed by atoms with Crippen molar-refractivity contribution in [2.45, 2.75) is 76.0 Å². The lowest BCUT2D eigenvalue weighted by atomic mass is 9.64. The number of ether oxygens (including phenoxy) is 1. The second-order valence-corrected chi connectivity index (χ2v) is 13.2. The van der Waals surface area contributed by atoms with Crippen LogP contribution in [0.2, 0.25) is 0 Å². The molecule has 5 atom stereocenters. The first-order chi connectivity index (χ1) is 18.8. The van der Waals surface area contributed by atoms with E-state index >= 15 is 0 Å². The van der Waals surface area contributed by atoms with Crippen molar-refractivity contribution in [1.82, 2.24) is 24.6 Å². The van der Waals surface area contributed by atoms with Gasteiger partial charge in [-0.25, -0.2) is 14.3 Å². The zero-order valence-corrected chi connectivity index (χ0v) is 23.4. The Hall–Kier alpha value is -2.78. The number of anilines is 1. The lowest BCUT2D eigenvalue weighted by molar-refractivity contribution is -0.140. The molecule has 3 unspecified atom stereocenters. The van der Waals surface area contributed by atoms with Gasteiger partial charge in [0.1, 0.15) is 23.6 Å². The summed E-state index contributed by atoms with van der Waals surface area (Å²) in [7, 11) is 3.80. The highest BCUT2D eigenvalue weighted by Gasteiger charge is 2.75. The van der Waals surface area contributed by atoms with E-state index in [1.807, 2.05) is 13.2 Å². The molecule has 1 spiro atoms. The number of aromatic nitrogens is 3. The molecule has 0 aromatic carbocycles. The molecule has 39 heavy (non-hydrogen) atoms. The third kappa shape index (κ3) is 3.79. The van der Waals surface area contributed by atoms with Crippen LogP contribution in [0.25, 0.3) is 0 Å². The summed E-state index contributed by atoms with van der Waals surface area (Å²) < 4.78 is 7.98. The van der Waals surface area contributed by atoms with Gasteiger partial charge in [0.2, 0.25) is 0 Å². The van der Waals surface area contributed by atoms with E-state index in [1.165, 1.54) is 19.3 Å². The number of quaternary nitrogens is 1. The molecule has 1 N–H and O–H groups in total. The molecule has 4 heterocycles. The van der Waals surface area contributed by atoms with E-state index in [-0.39, 0.29) is 39.3 Å². The maximum atomic E-state index is 14.5. The van der Waals surface area contributed by atoms with E-state index in [0.717, 1.165) is 63.3 Å². The van der Waals surface area contributed by atoms with Gasteiger partial charge in [-0.15, -0.1) is 0 Å². The van der Waals surface area contributed by atoms with Gasteiger partial charge in [0.25, 0.3) is 5.91 Å². The fourth-order valence-electron chi connectivity index (χ4n) is 8.55. The van der Waals surface area contributed by atoms with E-state index in [2.05, 4.69) is 34.4 Å². The number of morpholine rings is 1. The summed E-state index contributed by atoms with van der Waals surface area (Å²) in [6.45, 7) is 4.79. The fraction of sp³-hybridized carbons (Fsp3) is 0.667. The second kappa shape index (κ2) is 8.86. The Labute approximate surface area is 230 Å². The quantitative estimate of drug-likeness (QED) is 0.593. The summed E-state index contributed by atoms with van der Waals surface area (Å²) in [5.41, 5.74) is 1.37. The van der Waals surface area contributed by atoms with Crippen LogP contribution >= 0.6 is 0 Å². The van der Waals surface area contributed by atoms with Crippen molar-refractivity contribution in [3.8, 4) is 0 Å². The number of pyridine rings is 1. The smallest absolute Gasteiger partial charge is 0.341 e. The van der Waals surface area contributed by atoms with Gasteiger partial charge in [0.05, 0.1) is 25.5 Å². The molecule has 3 saturated carbocycles. The number of likely N-dealkylation sites (tertiary alicyclic amines) is 1. The lowest BCUT2D eigenvalue weighted by Crippen LogP contribution is -2.69. The Balaban J connectivity index is 1.18. The highest BCUT2D eigenvalue weighted by molar-refractivity contribution is 6.01. The van der Waals surface area contributed by atoms with Gasteiger partial charge in [0, 0.05) is 50.2 Å². The number of hydrogen-bond acceptors (Lipinski definition) is 6. The predicted octanol–water partition coefficient (Wildman–Crippen LogP) is 3.44. The topological polar surface area (TPSA) is 89.4 Å². The lowest BCUT2D eigenvalue weighted by Gasteiger charge is -2.49. The maximum Gasteiger partial charge on any atom is 0.341 e. The minimum atomic E-state index is -0.535. The Bertz CT molecular complexity index is 1280. The van der Waals surface area contributed by atoms with E-state index < -0.39 is 6.04 Å². The van der Waals surface area contributed by atoms with Crippen LogP contribution in [0.3, 0.4) is 0 Å². The molecule has 5 fully saturated rings. The molecule has 3 aliphatic carbocycles. The highest BCUT2D eigenvalue weighted by Crippen LogP contribution is 2.65. The van der Waals surface area contributed by atoms with Crippen molar-refractivity contribution in [3.05, 3.63) is 36.3 Å². The largest absolute Gasteiger partial charge is 0.371 e. The van der Waals surface area contributed by atoms with Gasteiger partial charge in [0.15, 0.2) is 5.69 Å². The minimum Gasteiger partial charge on any atom is -0.371 e. The number of amides is 2. The molecule has 9 nitrogen and oxygen atoms in total. The normalized spacial score (nSPS) is 35.5. The number of carbonyl (C=O) groups is 2. The average Bonchev–Trinajstić information content (AvgIpc) is 3.20. The summed E-state index contributed by atoms with van der Waals surface area (Å²) in [5.74, 6) is 1.45. The van der Waals surface area contributed by atoms with Crippen molar-refractivity contribution in [1.29, 1.82) is 0 Å². The maximum absolute atomic E-state index is 14.5. The number of aryl methyl sites for hydroxylation is 1. The molecule has 208 valence electrons. The zero-order valence-electron chi connectivity index (χ0n) is 23.4. The molecule has 0 bridgehead atoms. The number of nitrogens with one attached hydrogen (secondary N) is 1. The number of likely N-dealkylation sites (N-methyl/N-ethyl adjacent to an activating group) is 1. The van der Waals surface area contributed by atoms with Crippen molar-refractivity contribution >= 4 is 23.3 Å². The fourth-order valence-corrected chi connectivity index (χ4v) is 8.55. The third-order valence-electron chi connectivity index (χ3n) is 11.1. The number of rotatable bonds is 5. The van der Waals surface area contributed by atoms with Crippen LogP contribution < -0.4 is 14.7 Å². The molecule has 2 aromatic heterocycles. The van der Waals surface area contributed by atoms with E-state index in [4.69, 9.17) is 9.72 Å². The SMILES string of the molecule is Cn1nccc1C(=O)N[C@@H]1C(=O)[N+](C)(c2ccc(N3CCOC4(CCCC4)C3)nc2)C2C[C@]2(C)C1C1CCC1. The Kier molecular flexibility index (Phi) is 5.73. The van der Waals surface area contributed by atoms with Crippen LogP contribution in [-0.4, -0.2) is 71.0 Å². The number of nitrogens with zero attached hydrogens (tertiary/aromatic N) is 5. The standard InChI is InChI=1S/C30H40N6O3/c1-29-17-23(29)36(3,21-9-10-24(31-18-21)35-15-16-39-30(19-35)12-4-5-13-30)28(38)26(25(29)20-7-6-8-20)33-27(37)22-11-14-32-34(22)2/h9-11,14,18,20,23,25-26H,4-8,12-13,15-17,19H2,1-3H3/p+1/t23?,25?,26-,29-,36?/m0/s1. The van der Waals surface area contributed by atoms with Crippen LogP contribution in [0, 0.1) is 17.3 Å². The predicted molar refractivity (Wildman–Crippen MR) is 148 cm³/mol. The van der Waals surface area contributed by atoms with Gasteiger partial charge >= 0.3 is 5.91 Å². The minimum absolute atomic E-state index is 0.00981. The monoisotopic (exact) mass is 533 g/mol. The number of carbonyl (C=O) groups excluding carboxylic acids is 2. The summed E-state index contributed by atoms with van der Waals surface area (Å²) in [6.07, 6.45) is 12.7. The van der Waals surface area contributed by atoms with Crippen LogP contribution in [0.1, 0.15) is 68.8 Å². The number of piperidine rings is 1. The van der Waals surface area contributed by atoms with Gasteiger partial charge in [-0.3, -0.25) is 9.48 Å². The zero-order chi connectivity index (χ0) is 27.0. The number of hydrogen-bond donors (Lipinski definition) is 1. The van der Waals surface area contributed by atoms with Crippen molar-refractivity contribution < 1.29 is 14.3 Å². The highest BCUT2D eigenvalue weighted by atomic mass is 16.5. The van der Waals surface area contributed by atoms with Gasteiger partial charge in [-0.05, 0) is 30.9 Å². The molecule has 2 aromatic rings. The first-order valence-electron chi connectivity index (χ1n) is 14.8. The van der Waals surface area contributed by atoms with Gasteiger partial charge < -0.3 is 15.0 Å². The van der Waals surface area contributed by atoms with Crippen LogP contribution in [-0.2, 0) is 16.6 Å². The van der Waals surface area contributed by atoms with E-state index in [1.54, 1.807) is 24.0 Å². The van der Waals surface area contributed by atoms with Crippen molar-refractivity contribution in [2.75, 3.05) is 31.6 Å². The summed E-state index contributed by atoms with van der Waals surface area (Å²) in [6, 6.07) is 5.56. The summed E-state index contributed by atoms with van der Waals surface area (Å²) in [4.78, 5) is 35.1. The molecule has 2 saturated heterocycles. The van der Waals surface area contributed by atoms with Gasteiger partial charge in [-0.2, -0.15) is 5.10 Å². The van der Waals surface area contributed by atoms with E-state index in [0.29, 0.717) is 11.6 Å². The van der Waals surface area contributed by atoms with Crippen molar-refractivity contribution in [3.63, 3.8) is 0 Å². The Morgan fingerprint density at radius 2 is 1.97 bits per heavy atom. The molecule has 0 radical (unpaired) electrons. The summed E-state index contributed by atoms with van der Waals surface area (Å²) >= 11 is 0. The van der Waals surface area contributed by atoms with Crippen molar-refractivity contribution in [2.24, 2.45) is 24.3 Å². The molecular formula is C30H41N6O3+. The Morgan fingerprint density at radius 1 is 1.18 bits per heavy atom. The second-order valence-electron chi connectivity index (χ2n) is 13.2. The van der Waals surface area contributed by atoms with Crippen LogP contribution in [0.4, 0.5) is 11.5 Å². The average molecular weight is 534 g/mol. The molecule has 7 rings (SSSR count). The molecule has 2 amide bonds. The van der Waals surface area contributed by atoms with Crippen LogP contribution in [0.5, 0.6) is 0 Å². The third-order valence-corrected chi connectivity index (χ3v) is 11.1. The van der Waals surface area contributed by atoms with Gasteiger partial charge in [-0.1, -0.05) is 39.0 Å². The number of fused-ring (bicyclic) bond motifs is 1. The molecule has 5 aliphatic rings. The van der Waals surface area contributed by atoms with E-state index in [9.17, 15) is 9.59 Å². The Morgan fingerprint density at radius 3 is 2.62 bits per heavy atom. The molecular weight excluding hydrogens is 492 g/mol. The summed E-state index contributed by atoms with van der Waals surface area (Å²) in [5, 5.41) is 7.36. The first kappa shape index (κ1) is 25.2. The molecule has 9 heteroatoms. The molecule has 2 aliphatic heterocycles.